The lowest BCUT2D eigenvalue weighted by atomic mass is 9.99. The lowest BCUT2D eigenvalue weighted by molar-refractivity contribution is 0.843. The van der Waals surface area contributed by atoms with Crippen molar-refractivity contribution in [2.24, 2.45) is 0 Å². The summed E-state index contributed by atoms with van der Waals surface area (Å²) in [4.78, 5) is 4.63. The minimum atomic E-state index is 0.782. The monoisotopic (exact) mass is 251 g/mol. The predicted octanol–water partition coefficient (Wildman–Crippen LogP) is 2.81. The summed E-state index contributed by atoms with van der Waals surface area (Å²) in [7, 11) is 0. The molecule has 1 aliphatic rings. The Labute approximate surface area is 113 Å². The van der Waals surface area contributed by atoms with Gasteiger partial charge in [0.05, 0.1) is 18.1 Å². The van der Waals surface area contributed by atoms with Crippen LogP contribution in [0.2, 0.25) is 0 Å². The summed E-state index contributed by atoms with van der Waals surface area (Å²) in [5.74, 6) is 0. The number of nitrogens with zero attached hydrogens (tertiary/aromatic N) is 1. The molecule has 0 unspecified atom stereocenters. The van der Waals surface area contributed by atoms with E-state index < -0.39 is 0 Å². The van der Waals surface area contributed by atoms with Crippen LogP contribution in [0, 0.1) is 13.8 Å². The van der Waals surface area contributed by atoms with E-state index in [9.17, 15) is 0 Å². The molecule has 2 aromatic rings. The zero-order chi connectivity index (χ0) is 13.2. The van der Waals surface area contributed by atoms with Crippen LogP contribution in [0.4, 0.5) is 0 Å². The van der Waals surface area contributed by atoms with E-state index in [1.165, 1.54) is 11.1 Å². The Hall–Kier alpha value is -2.29. The topological polar surface area (TPSA) is 37.0 Å². The van der Waals surface area contributed by atoms with E-state index in [-0.39, 0.29) is 0 Å². The van der Waals surface area contributed by atoms with Crippen molar-refractivity contribution in [1.29, 1.82) is 0 Å². The maximum absolute atomic E-state index is 4.63. The van der Waals surface area contributed by atoms with Crippen molar-refractivity contribution in [3.63, 3.8) is 0 Å². The highest BCUT2D eigenvalue weighted by molar-refractivity contribution is 5.80. The molecule has 0 saturated carbocycles. The van der Waals surface area contributed by atoms with E-state index in [0.29, 0.717) is 0 Å². The van der Waals surface area contributed by atoms with Crippen LogP contribution in [-0.4, -0.2) is 11.7 Å². The Morgan fingerprint density at radius 3 is 2.68 bits per heavy atom. The molecule has 96 valence electrons. The van der Waals surface area contributed by atoms with Crippen LogP contribution in [0.5, 0.6) is 0 Å². The number of hydrogen-bond acceptors (Lipinski definition) is 3. The molecule has 3 nitrogen and oxygen atoms in total. The van der Waals surface area contributed by atoms with E-state index in [4.69, 9.17) is 0 Å². The molecule has 0 fully saturated rings. The van der Waals surface area contributed by atoms with Gasteiger partial charge >= 0.3 is 0 Å². The largest absolute Gasteiger partial charge is 0.372 e. The Balaban J connectivity index is 2.15. The Kier molecular flexibility index (Phi) is 2.95. The fourth-order valence-electron chi connectivity index (χ4n) is 2.32. The molecular formula is C16H17N3. The Morgan fingerprint density at radius 2 is 1.95 bits per heavy atom. The van der Waals surface area contributed by atoms with Crippen LogP contribution in [-0.2, 0) is 0 Å². The zero-order valence-electron chi connectivity index (χ0n) is 11.2. The molecule has 0 aliphatic carbocycles. The molecule has 0 spiro atoms. The van der Waals surface area contributed by atoms with Crippen molar-refractivity contribution in [1.82, 2.24) is 15.6 Å². The minimum Gasteiger partial charge on any atom is -0.372 e. The van der Waals surface area contributed by atoms with E-state index in [0.717, 1.165) is 29.3 Å². The SMILES string of the molecule is Cc1ccc(-c2cccc(C)n2)c(C2=CNCN2)c1. The summed E-state index contributed by atoms with van der Waals surface area (Å²) >= 11 is 0. The summed E-state index contributed by atoms with van der Waals surface area (Å²) in [6.07, 6.45) is 2.02. The van der Waals surface area contributed by atoms with Crippen LogP contribution in [0.1, 0.15) is 16.8 Å². The number of hydrogen-bond donors (Lipinski definition) is 2. The molecule has 0 bridgehead atoms. The number of benzene rings is 1. The molecule has 0 radical (unpaired) electrons. The average molecular weight is 251 g/mol. The number of rotatable bonds is 2. The van der Waals surface area contributed by atoms with Crippen LogP contribution in [0.3, 0.4) is 0 Å². The van der Waals surface area contributed by atoms with E-state index in [1.54, 1.807) is 0 Å². The van der Waals surface area contributed by atoms with Gasteiger partial charge in [0.1, 0.15) is 0 Å². The van der Waals surface area contributed by atoms with Crippen LogP contribution in [0.25, 0.3) is 17.0 Å². The van der Waals surface area contributed by atoms with Crippen LogP contribution < -0.4 is 10.6 Å². The van der Waals surface area contributed by atoms with Gasteiger partial charge < -0.3 is 10.6 Å². The number of pyridine rings is 1. The Morgan fingerprint density at radius 1 is 1.05 bits per heavy atom. The van der Waals surface area contributed by atoms with Gasteiger partial charge in [-0.3, -0.25) is 4.98 Å². The maximum atomic E-state index is 4.63. The molecule has 19 heavy (non-hydrogen) atoms. The van der Waals surface area contributed by atoms with Gasteiger partial charge in [-0.15, -0.1) is 0 Å². The first-order valence-electron chi connectivity index (χ1n) is 6.46. The number of nitrogens with one attached hydrogen (secondary N) is 2. The lowest BCUT2D eigenvalue weighted by Crippen LogP contribution is -2.14. The summed E-state index contributed by atoms with van der Waals surface area (Å²) in [6.45, 7) is 4.91. The third kappa shape index (κ3) is 2.32. The van der Waals surface area contributed by atoms with Gasteiger partial charge in [-0.2, -0.15) is 0 Å². The van der Waals surface area contributed by atoms with Gasteiger partial charge in [0.15, 0.2) is 0 Å². The predicted molar refractivity (Wildman–Crippen MR) is 78.3 cm³/mol. The molecule has 3 rings (SSSR count). The second-order valence-electron chi connectivity index (χ2n) is 4.83. The molecular weight excluding hydrogens is 234 g/mol. The zero-order valence-corrected chi connectivity index (χ0v) is 11.2. The van der Waals surface area contributed by atoms with Crippen molar-refractivity contribution in [3.05, 3.63) is 59.4 Å². The second-order valence-corrected chi connectivity index (χ2v) is 4.83. The highest BCUT2D eigenvalue weighted by atomic mass is 15.1. The van der Waals surface area contributed by atoms with Crippen LogP contribution >= 0.6 is 0 Å². The average Bonchev–Trinajstić information content (AvgIpc) is 2.92. The van der Waals surface area contributed by atoms with Crippen molar-refractivity contribution in [2.45, 2.75) is 13.8 Å². The molecule has 3 heteroatoms. The number of aromatic nitrogens is 1. The summed E-state index contributed by atoms with van der Waals surface area (Å²) in [5, 5.41) is 6.53. The third-order valence-electron chi connectivity index (χ3n) is 3.26. The smallest absolute Gasteiger partial charge is 0.0846 e. The Bertz CT molecular complexity index is 644. The molecule has 0 atom stereocenters. The highest BCUT2D eigenvalue weighted by Crippen LogP contribution is 2.28. The van der Waals surface area contributed by atoms with Crippen LogP contribution in [0.15, 0.2) is 42.6 Å². The van der Waals surface area contributed by atoms with Gasteiger partial charge in [-0.1, -0.05) is 23.8 Å². The van der Waals surface area contributed by atoms with Crippen molar-refractivity contribution >= 4 is 5.70 Å². The van der Waals surface area contributed by atoms with Crippen molar-refractivity contribution < 1.29 is 0 Å². The highest BCUT2D eigenvalue weighted by Gasteiger charge is 2.13. The molecule has 0 amide bonds. The van der Waals surface area contributed by atoms with Gasteiger partial charge in [0, 0.05) is 23.0 Å². The minimum absolute atomic E-state index is 0.782. The molecule has 1 aromatic carbocycles. The van der Waals surface area contributed by atoms with Crippen molar-refractivity contribution in [3.8, 4) is 11.3 Å². The standard InChI is InChI=1S/C16H17N3/c1-11-6-7-13(15-5-3-4-12(2)19-15)14(8-11)16-9-17-10-18-16/h3-9,17-18H,10H2,1-2H3. The van der Waals surface area contributed by atoms with E-state index in [1.807, 2.05) is 19.2 Å². The fraction of sp³-hybridized carbons (Fsp3) is 0.188. The fourth-order valence-corrected chi connectivity index (χ4v) is 2.32. The third-order valence-corrected chi connectivity index (χ3v) is 3.26. The van der Waals surface area contributed by atoms with Gasteiger partial charge in [0.25, 0.3) is 0 Å². The molecule has 0 saturated heterocycles. The number of aryl methyl sites for hydroxylation is 2. The van der Waals surface area contributed by atoms with Crippen molar-refractivity contribution in [2.75, 3.05) is 6.67 Å². The second kappa shape index (κ2) is 4.76. The molecule has 1 aliphatic heterocycles. The normalized spacial score (nSPS) is 13.7. The first-order valence-corrected chi connectivity index (χ1v) is 6.46. The van der Waals surface area contributed by atoms with Gasteiger partial charge in [-0.05, 0) is 32.0 Å². The maximum Gasteiger partial charge on any atom is 0.0846 e. The van der Waals surface area contributed by atoms with E-state index in [2.05, 4.69) is 52.9 Å². The van der Waals surface area contributed by atoms with E-state index >= 15 is 0 Å². The molecule has 2 heterocycles. The lowest BCUT2D eigenvalue weighted by Gasteiger charge is -2.12. The van der Waals surface area contributed by atoms with Gasteiger partial charge in [0.2, 0.25) is 0 Å². The first-order chi connectivity index (χ1) is 9.24. The molecule has 2 N–H and O–H groups in total. The quantitative estimate of drug-likeness (QED) is 0.861. The summed E-state index contributed by atoms with van der Waals surface area (Å²) in [5.41, 5.74) is 6.79. The summed E-state index contributed by atoms with van der Waals surface area (Å²) < 4.78 is 0. The summed E-state index contributed by atoms with van der Waals surface area (Å²) in [6, 6.07) is 12.6. The van der Waals surface area contributed by atoms with Gasteiger partial charge in [-0.25, -0.2) is 0 Å². The molecule has 1 aromatic heterocycles. The first kappa shape index (κ1) is 11.8.